The number of nitrogens with zero attached hydrogens (tertiary/aromatic N) is 1. The molecule has 6 nitrogen and oxygen atoms in total. The molecule has 110 valence electrons. The highest BCUT2D eigenvalue weighted by molar-refractivity contribution is 5.71. The molecule has 0 aromatic rings. The van der Waals surface area contributed by atoms with Crippen molar-refractivity contribution < 1.29 is 24.2 Å². The van der Waals surface area contributed by atoms with Gasteiger partial charge in [0.15, 0.2) is 0 Å². The van der Waals surface area contributed by atoms with Gasteiger partial charge >= 0.3 is 11.9 Å². The van der Waals surface area contributed by atoms with Gasteiger partial charge in [-0.1, -0.05) is 13.8 Å². The molecule has 0 amide bonds. The van der Waals surface area contributed by atoms with Crippen LogP contribution < -0.4 is 0 Å². The van der Waals surface area contributed by atoms with Crippen molar-refractivity contribution in [2.24, 2.45) is 5.92 Å². The van der Waals surface area contributed by atoms with Crippen molar-refractivity contribution in [2.75, 3.05) is 26.3 Å². The molecule has 0 bridgehead atoms. The van der Waals surface area contributed by atoms with Crippen molar-refractivity contribution in [3.05, 3.63) is 0 Å². The third-order valence-corrected chi connectivity index (χ3v) is 2.92. The first-order valence-electron chi connectivity index (χ1n) is 6.64. The van der Waals surface area contributed by atoms with Crippen molar-refractivity contribution in [1.82, 2.24) is 4.90 Å². The second kappa shape index (κ2) is 7.45. The summed E-state index contributed by atoms with van der Waals surface area (Å²) in [5, 5.41) is 9.50. The van der Waals surface area contributed by atoms with Crippen LogP contribution in [0.5, 0.6) is 0 Å². The van der Waals surface area contributed by atoms with Gasteiger partial charge in [-0.2, -0.15) is 0 Å². The van der Waals surface area contributed by atoms with E-state index in [9.17, 15) is 14.7 Å². The number of esters is 2. The zero-order valence-electron chi connectivity index (χ0n) is 11.8. The summed E-state index contributed by atoms with van der Waals surface area (Å²) in [6.07, 6.45) is -0.644. The van der Waals surface area contributed by atoms with E-state index in [1.165, 1.54) is 0 Å². The molecular weight excluding hydrogens is 250 g/mol. The molecule has 1 saturated heterocycles. The van der Waals surface area contributed by atoms with E-state index in [2.05, 4.69) is 11.8 Å². The minimum atomic E-state index is -0.966. The molecule has 3 atom stereocenters. The van der Waals surface area contributed by atoms with Crippen molar-refractivity contribution in [3.8, 4) is 0 Å². The monoisotopic (exact) mass is 273 g/mol. The van der Waals surface area contributed by atoms with Crippen LogP contribution in [0.3, 0.4) is 0 Å². The average Bonchev–Trinajstić information content (AvgIpc) is 3.06. The van der Waals surface area contributed by atoms with E-state index in [1.54, 1.807) is 13.8 Å². The number of carbonyl (C=O) groups excluding carboxylic acids is 2. The number of carbonyl (C=O) groups is 2. The highest BCUT2D eigenvalue weighted by Crippen LogP contribution is 2.15. The molecule has 1 N–H and O–H groups in total. The summed E-state index contributed by atoms with van der Waals surface area (Å²) in [7, 11) is 0. The standard InChI is InChI=1S/C13H23NO5/c1-9(2)13(17)19-8-11(15)7-18-12(16)4-5-14-6-10(14)3/h9-11,15H,4-8H2,1-3H3. The van der Waals surface area contributed by atoms with Crippen molar-refractivity contribution in [2.45, 2.75) is 39.3 Å². The SMILES string of the molecule is CC(C)C(=O)OCC(O)COC(=O)CCN1CC1C. The minimum Gasteiger partial charge on any atom is -0.463 e. The number of hydrogen-bond donors (Lipinski definition) is 1. The topological polar surface area (TPSA) is 75.8 Å². The Kier molecular flexibility index (Phi) is 6.24. The Bertz CT molecular complexity index is 318. The molecule has 3 unspecified atom stereocenters. The molecule has 1 aliphatic heterocycles. The minimum absolute atomic E-state index is 0.139. The van der Waals surface area contributed by atoms with E-state index in [4.69, 9.17) is 9.47 Å². The van der Waals surface area contributed by atoms with Gasteiger partial charge in [0.25, 0.3) is 0 Å². The van der Waals surface area contributed by atoms with Gasteiger partial charge in [0.2, 0.25) is 0 Å². The van der Waals surface area contributed by atoms with E-state index in [0.29, 0.717) is 19.0 Å². The van der Waals surface area contributed by atoms with Crippen LogP contribution in [-0.4, -0.2) is 60.4 Å². The molecule has 1 rings (SSSR count). The van der Waals surface area contributed by atoms with Gasteiger partial charge in [-0.25, -0.2) is 0 Å². The molecular formula is C13H23NO5. The lowest BCUT2D eigenvalue weighted by Gasteiger charge is -2.13. The maximum Gasteiger partial charge on any atom is 0.308 e. The average molecular weight is 273 g/mol. The number of aliphatic hydroxyl groups excluding tert-OH is 1. The molecule has 0 aliphatic carbocycles. The molecule has 0 spiro atoms. The van der Waals surface area contributed by atoms with Crippen LogP contribution >= 0.6 is 0 Å². The predicted octanol–water partition coefficient (Wildman–Crippen LogP) is 0.184. The van der Waals surface area contributed by atoms with Gasteiger partial charge in [0.1, 0.15) is 19.3 Å². The number of hydrogen-bond acceptors (Lipinski definition) is 6. The predicted molar refractivity (Wildman–Crippen MR) is 68.4 cm³/mol. The van der Waals surface area contributed by atoms with Crippen molar-refractivity contribution >= 4 is 11.9 Å². The highest BCUT2D eigenvalue weighted by Gasteiger charge is 2.28. The lowest BCUT2D eigenvalue weighted by molar-refractivity contribution is -0.154. The van der Waals surface area contributed by atoms with Crippen LogP contribution in [0.25, 0.3) is 0 Å². The summed E-state index contributed by atoms with van der Waals surface area (Å²) in [5.41, 5.74) is 0. The van der Waals surface area contributed by atoms with E-state index in [0.717, 1.165) is 6.54 Å². The van der Waals surface area contributed by atoms with Crippen LogP contribution in [0, 0.1) is 5.92 Å². The lowest BCUT2D eigenvalue weighted by Crippen LogP contribution is -2.27. The summed E-state index contributed by atoms with van der Waals surface area (Å²) in [4.78, 5) is 24.7. The second-order valence-corrected chi connectivity index (χ2v) is 5.22. The maximum absolute atomic E-state index is 11.4. The van der Waals surface area contributed by atoms with Crippen LogP contribution in [0.4, 0.5) is 0 Å². The second-order valence-electron chi connectivity index (χ2n) is 5.22. The quantitative estimate of drug-likeness (QED) is 0.502. The molecule has 0 saturated carbocycles. The zero-order chi connectivity index (χ0) is 14.4. The molecule has 1 fully saturated rings. The summed E-state index contributed by atoms with van der Waals surface area (Å²) < 4.78 is 9.73. The fourth-order valence-electron chi connectivity index (χ4n) is 1.49. The normalized spacial score (nSPS) is 23.0. The van der Waals surface area contributed by atoms with E-state index >= 15 is 0 Å². The third-order valence-electron chi connectivity index (χ3n) is 2.92. The first-order chi connectivity index (χ1) is 8.90. The summed E-state index contributed by atoms with van der Waals surface area (Å²) in [6.45, 7) is 6.96. The van der Waals surface area contributed by atoms with Crippen LogP contribution in [0.15, 0.2) is 0 Å². The summed E-state index contributed by atoms with van der Waals surface area (Å²) in [5.74, 6) is -0.946. The highest BCUT2D eigenvalue weighted by atomic mass is 16.6. The molecule has 0 aromatic heterocycles. The lowest BCUT2D eigenvalue weighted by atomic mass is 10.2. The third kappa shape index (κ3) is 6.54. The Labute approximate surface area is 113 Å². The largest absolute Gasteiger partial charge is 0.463 e. The summed E-state index contributed by atoms with van der Waals surface area (Å²) >= 11 is 0. The molecule has 6 heteroatoms. The van der Waals surface area contributed by atoms with Gasteiger partial charge in [-0.3, -0.25) is 14.5 Å². The van der Waals surface area contributed by atoms with Crippen LogP contribution in [0.1, 0.15) is 27.2 Å². The number of ether oxygens (including phenoxy) is 2. The number of aliphatic hydroxyl groups is 1. The van der Waals surface area contributed by atoms with Crippen molar-refractivity contribution in [1.29, 1.82) is 0 Å². The Morgan fingerprint density at radius 3 is 2.42 bits per heavy atom. The fourth-order valence-corrected chi connectivity index (χ4v) is 1.49. The van der Waals surface area contributed by atoms with Gasteiger partial charge in [-0.15, -0.1) is 0 Å². The number of rotatable bonds is 8. The zero-order valence-corrected chi connectivity index (χ0v) is 11.8. The first-order valence-corrected chi connectivity index (χ1v) is 6.64. The molecule has 0 radical (unpaired) electrons. The van der Waals surface area contributed by atoms with Crippen molar-refractivity contribution in [3.63, 3.8) is 0 Å². The van der Waals surface area contributed by atoms with Gasteiger partial charge in [0.05, 0.1) is 12.3 Å². The van der Waals surface area contributed by atoms with E-state index in [1.807, 2.05) is 0 Å². The molecule has 0 aromatic carbocycles. The van der Waals surface area contributed by atoms with Gasteiger partial charge in [-0.05, 0) is 6.92 Å². The van der Waals surface area contributed by atoms with Gasteiger partial charge in [0, 0.05) is 19.1 Å². The molecule has 1 heterocycles. The fraction of sp³-hybridized carbons (Fsp3) is 0.846. The summed E-state index contributed by atoms with van der Waals surface area (Å²) in [6, 6.07) is 0.564. The molecule has 19 heavy (non-hydrogen) atoms. The Morgan fingerprint density at radius 2 is 1.89 bits per heavy atom. The Morgan fingerprint density at radius 1 is 1.32 bits per heavy atom. The smallest absolute Gasteiger partial charge is 0.308 e. The van der Waals surface area contributed by atoms with Crippen LogP contribution in [-0.2, 0) is 19.1 Å². The van der Waals surface area contributed by atoms with E-state index < -0.39 is 6.10 Å². The Balaban J connectivity index is 2.03. The maximum atomic E-state index is 11.4. The molecule has 1 aliphatic rings. The Hall–Kier alpha value is -1.14. The van der Waals surface area contributed by atoms with Crippen LogP contribution in [0.2, 0.25) is 0 Å². The van der Waals surface area contributed by atoms with Gasteiger partial charge < -0.3 is 14.6 Å². The first kappa shape index (κ1) is 15.9. The van der Waals surface area contributed by atoms with E-state index in [-0.39, 0.29) is 31.1 Å².